The molecule has 1 atom stereocenters. The highest BCUT2D eigenvalue weighted by molar-refractivity contribution is 9.10. The summed E-state index contributed by atoms with van der Waals surface area (Å²) in [6, 6.07) is 0. The molecule has 3 N–H and O–H groups in total. The van der Waals surface area contributed by atoms with Gasteiger partial charge in [-0.25, -0.2) is 18.4 Å². The third kappa shape index (κ3) is 3.06. The molecule has 1 unspecified atom stereocenters. The van der Waals surface area contributed by atoms with E-state index < -0.39 is 9.84 Å². The number of nitrogens with two attached hydrogens (primary N) is 1. The fourth-order valence-electron chi connectivity index (χ4n) is 1.78. The smallest absolute Gasteiger partial charge is 0.150 e. The molecule has 94 valence electrons. The van der Waals surface area contributed by atoms with Crippen LogP contribution >= 0.6 is 15.9 Å². The minimum atomic E-state index is -2.83. The maximum atomic E-state index is 11.3. The molecular formula is C9H13BrN4O2S. The Hall–Kier alpha value is -0.890. The Balaban J connectivity index is 1.97. The quantitative estimate of drug-likeness (QED) is 0.849. The van der Waals surface area contributed by atoms with Crippen LogP contribution in [0.15, 0.2) is 10.8 Å². The summed E-state index contributed by atoms with van der Waals surface area (Å²) >= 11 is 3.28. The number of nitrogens with zero attached hydrogens (tertiary/aromatic N) is 2. The Morgan fingerprint density at radius 3 is 2.94 bits per heavy atom. The normalized spacial score (nSPS) is 22.5. The maximum Gasteiger partial charge on any atom is 0.150 e. The van der Waals surface area contributed by atoms with Crippen LogP contribution in [0.25, 0.3) is 0 Å². The molecule has 17 heavy (non-hydrogen) atoms. The second-order valence-corrected chi connectivity index (χ2v) is 7.09. The zero-order chi connectivity index (χ0) is 12.5. The van der Waals surface area contributed by atoms with Crippen LogP contribution in [0.3, 0.4) is 0 Å². The summed E-state index contributed by atoms with van der Waals surface area (Å²) in [5.74, 6) is 1.64. The van der Waals surface area contributed by atoms with Crippen molar-refractivity contribution < 1.29 is 8.42 Å². The van der Waals surface area contributed by atoms with Crippen molar-refractivity contribution in [1.82, 2.24) is 9.97 Å². The van der Waals surface area contributed by atoms with Gasteiger partial charge in [-0.2, -0.15) is 0 Å². The molecular weight excluding hydrogens is 308 g/mol. The molecule has 8 heteroatoms. The lowest BCUT2D eigenvalue weighted by molar-refractivity contribution is 0.595. The first-order valence-electron chi connectivity index (χ1n) is 5.18. The lowest BCUT2D eigenvalue weighted by Crippen LogP contribution is -2.16. The minimum absolute atomic E-state index is 0.142. The number of rotatable bonds is 3. The molecule has 0 saturated carbocycles. The van der Waals surface area contributed by atoms with Gasteiger partial charge < -0.3 is 11.1 Å². The number of nitrogens with one attached hydrogen (secondary N) is 1. The van der Waals surface area contributed by atoms with E-state index in [0.717, 1.165) is 0 Å². The molecule has 1 aliphatic heterocycles. The molecule has 0 spiro atoms. The molecule has 0 amide bonds. The Morgan fingerprint density at radius 1 is 1.53 bits per heavy atom. The van der Waals surface area contributed by atoms with Crippen LogP contribution < -0.4 is 11.1 Å². The van der Waals surface area contributed by atoms with Gasteiger partial charge in [0.2, 0.25) is 0 Å². The second kappa shape index (κ2) is 4.77. The zero-order valence-electron chi connectivity index (χ0n) is 9.06. The van der Waals surface area contributed by atoms with E-state index in [2.05, 4.69) is 31.2 Å². The zero-order valence-corrected chi connectivity index (χ0v) is 11.5. The molecule has 2 heterocycles. The van der Waals surface area contributed by atoms with E-state index in [4.69, 9.17) is 5.73 Å². The van der Waals surface area contributed by atoms with Gasteiger partial charge in [-0.3, -0.25) is 0 Å². The van der Waals surface area contributed by atoms with E-state index in [1.54, 1.807) is 0 Å². The van der Waals surface area contributed by atoms with E-state index in [1.165, 1.54) is 6.33 Å². The van der Waals surface area contributed by atoms with Crippen molar-refractivity contribution >= 4 is 37.4 Å². The first-order valence-corrected chi connectivity index (χ1v) is 7.79. The highest BCUT2D eigenvalue weighted by Gasteiger charge is 2.27. The molecule has 1 fully saturated rings. The predicted octanol–water partition coefficient (Wildman–Crippen LogP) is 0.668. The van der Waals surface area contributed by atoms with Crippen molar-refractivity contribution in [3.63, 3.8) is 0 Å². The van der Waals surface area contributed by atoms with E-state index >= 15 is 0 Å². The molecule has 6 nitrogen and oxygen atoms in total. The first kappa shape index (κ1) is 12.6. The van der Waals surface area contributed by atoms with Gasteiger partial charge in [0.25, 0.3) is 0 Å². The number of hydrogen-bond donors (Lipinski definition) is 2. The third-order valence-corrected chi connectivity index (χ3v) is 5.32. The summed E-state index contributed by atoms with van der Waals surface area (Å²) in [5.41, 5.74) is 5.61. The lowest BCUT2D eigenvalue weighted by atomic mass is 10.1. The van der Waals surface area contributed by atoms with Crippen molar-refractivity contribution in [3.05, 3.63) is 10.8 Å². The summed E-state index contributed by atoms with van der Waals surface area (Å²) in [6.07, 6.45) is 2.07. The summed E-state index contributed by atoms with van der Waals surface area (Å²) in [5, 5.41) is 3.09. The van der Waals surface area contributed by atoms with Crippen LogP contribution in [0.1, 0.15) is 6.42 Å². The summed E-state index contributed by atoms with van der Waals surface area (Å²) in [4.78, 5) is 7.86. The Bertz CT molecular complexity index is 520. The molecule has 1 aromatic heterocycles. The van der Waals surface area contributed by atoms with Crippen LogP contribution in [-0.4, -0.2) is 36.4 Å². The van der Waals surface area contributed by atoms with Gasteiger partial charge in [0, 0.05) is 6.54 Å². The highest BCUT2D eigenvalue weighted by atomic mass is 79.9. The number of halogens is 1. The summed E-state index contributed by atoms with van der Waals surface area (Å²) < 4.78 is 23.2. The molecule has 0 radical (unpaired) electrons. The van der Waals surface area contributed by atoms with Gasteiger partial charge in [0.15, 0.2) is 9.84 Å². The molecule has 1 aliphatic rings. The van der Waals surface area contributed by atoms with Crippen LogP contribution in [0, 0.1) is 5.92 Å². The molecule has 0 aromatic carbocycles. The molecule has 1 saturated heterocycles. The summed E-state index contributed by atoms with van der Waals surface area (Å²) in [6.45, 7) is 0.578. The van der Waals surface area contributed by atoms with Gasteiger partial charge in [-0.15, -0.1) is 0 Å². The third-order valence-electron chi connectivity index (χ3n) is 2.70. The molecule has 0 bridgehead atoms. The van der Waals surface area contributed by atoms with E-state index in [9.17, 15) is 8.42 Å². The number of hydrogen-bond acceptors (Lipinski definition) is 6. The van der Waals surface area contributed by atoms with Crippen LogP contribution in [-0.2, 0) is 9.84 Å². The predicted molar refractivity (Wildman–Crippen MR) is 69.4 cm³/mol. The first-order chi connectivity index (χ1) is 7.98. The van der Waals surface area contributed by atoms with Gasteiger partial charge in [-0.05, 0) is 28.3 Å². The fraction of sp³-hybridized carbons (Fsp3) is 0.556. The molecule has 1 aromatic rings. The van der Waals surface area contributed by atoms with Crippen LogP contribution in [0.5, 0.6) is 0 Å². The van der Waals surface area contributed by atoms with E-state index in [-0.39, 0.29) is 17.4 Å². The Labute approximate surface area is 108 Å². The summed E-state index contributed by atoms with van der Waals surface area (Å²) in [7, 11) is -2.83. The average Bonchev–Trinajstić information content (AvgIpc) is 2.61. The number of anilines is 2. The van der Waals surface area contributed by atoms with Gasteiger partial charge >= 0.3 is 0 Å². The van der Waals surface area contributed by atoms with Crippen LogP contribution in [0.4, 0.5) is 11.6 Å². The topological polar surface area (TPSA) is 98.0 Å². The number of nitrogen functional groups attached to an aromatic ring is 1. The van der Waals surface area contributed by atoms with Crippen molar-refractivity contribution in [2.45, 2.75) is 6.42 Å². The van der Waals surface area contributed by atoms with Crippen molar-refractivity contribution in [2.24, 2.45) is 5.92 Å². The lowest BCUT2D eigenvalue weighted by Gasteiger charge is -2.11. The van der Waals surface area contributed by atoms with Gasteiger partial charge in [0.05, 0.1) is 11.5 Å². The average molecular weight is 321 g/mol. The van der Waals surface area contributed by atoms with E-state index in [0.29, 0.717) is 29.1 Å². The highest BCUT2D eigenvalue weighted by Crippen LogP contribution is 2.25. The van der Waals surface area contributed by atoms with E-state index in [1.807, 2.05) is 0 Å². The SMILES string of the molecule is Nc1ncnc(NCC2CCS(=O)(=O)C2)c1Br. The number of aromatic nitrogens is 2. The monoisotopic (exact) mass is 320 g/mol. The molecule has 0 aliphatic carbocycles. The van der Waals surface area contributed by atoms with Gasteiger partial charge in [0.1, 0.15) is 22.4 Å². The maximum absolute atomic E-state index is 11.3. The van der Waals surface area contributed by atoms with Crippen molar-refractivity contribution in [3.8, 4) is 0 Å². The van der Waals surface area contributed by atoms with Crippen LogP contribution in [0.2, 0.25) is 0 Å². The Morgan fingerprint density at radius 2 is 2.29 bits per heavy atom. The standard InChI is InChI=1S/C9H13BrN4O2S/c10-7-8(11)13-5-14-9(7)12-3-6-1-2-17(15,16)4-6/h5-6H,1-4H2,(H3,11,12,13,14). The van der Waals surface area contributed by atoms with Crippen molar-refractivity contribution in [1.29, 1.82) is 0 Å². The van der Waals surface area contributed by atoms with Crippen molar-refractivity contribution in [2.75, 3.05) is 29.1 Å². The number of sulfone groups is 1. The fourth-order valence-corrected chi connectivity index (χ4v) is 3.99. The molecule has 2 rings (SSSR count). The minimum Gasteiger partial charge on any atom is -0.383 e. The second-order valence-electron chi connectivity index (χ2n) is 4.07. The Kier molecular flexibility index (Phi) is 3.53. The largest absolute Gasteiger partial charge is 0.383 e. The van der Waals surface area contributed by atoms with Gasteiger partial charge in [-0.1, -0.05) is 0 Å².